The third kappa shape index (κ3) is 1.60. The molecular weight excluding hydrogens is 140 g/mol. The van der Waals surface area contributed by atoms with Crippen molar-refractivity contribution >= 4 is 0 Å². The van der Waals surface area contributed by atoms with E-state index < -0.39 is 0 Å². The number of oxazole rings is 1. The molecule has 0 radical (unpaired) electrons. The normalized spacial score (nSPS) is 13.5. The number of nitrogens with zero attached hydrogens (tertiary/aromatic N) is 1. The van der Waals surface area contributed by atoms with Crippen LogP contribution in [0.4, 0.5) is 0 Å². The van der Waals surface area contributed by atoms with Crippen LogP contribution in [0.2, 0.25) is 0 Å². The first-order chi connectivity index (χ1) is 5.15. The quantitative estimate of drug-likeness (QED) is 0.703. The number of hydrogen-bond acceptors (Lipinski definition) is 3. The molecule has 1 rings (SSSR count). The maximum Gasteiger partial charge on any atom is 0.194 e. The molecule has 0 unspecified atom stereocenters. The molecule has 0 saturated carbocycles. The number of aromatic nitrogens is 1. The molecule has 0 aliphatic carbocycles. The van der Waals surface area contributed by atoms with Gasteiger partial charge in [-0.25, -0.2) is 4.98 Å². The Morgan fingerprint density at radius 1 is 1.64 bits per heavy atom. The van der Waals surface area contributed by atoms with Crippen molar-refractivity contribution in [3.8, 4) is 0 Å². The lowest BCUT2D eigenvalue weighted by Crippen LogP contribution is -2.04. The topological polar surface area (TPSA) is 52.0 Å². The lowest BCUT2D eigenvalue weighted by Gasteiger charge is -1.98. The number of aryl methyl sites for hydroxylation is 2. The van der Waals surface area contributed by atoms with Crippen LogP contribution in [0.1, 0.15) is 37.2 Å². The van der Waals surface area contributed by atoms with Gasteiger partial charge >= 0.3 is 0 Å². The van der Waals surface area contributed by atoms with Gasteiger partial charge in [0.05, 0.1) is 11.7 Å². The second-order valence-corrected chi connectivity index (χ2v) is 2.70. The van der Waals surface area contributed by atoms with E-state index in [-0.39, 0.29) is 6.04 Å². The van der Waals surface area contributed by atoms with Crippen LogP contribution in [0.25, 0.3) is 0 Å². The second kappa shape index (κ2) is 3.05. The summed E-state index contributed by atoms with van der Waals surface area (Å²) in [6.07, 6.45) is 0.827. The first-order valence-electron chi connectivity index (χ1n) is 3.87. The molecular formula is C8H14N2O. The van der Waals surface area contributed by atoms with Gasteiger partial charge in [0, 0.05) is 6.42 Å². The van der Waals surface area contributed by atoms with Gasteiger partial charge in [0.2, 0.25) is 0 Å². The van der Waals surface area contributed by atoms with Crippen LogP contribution < -0.4 is 5.73 Å². The van der Waals surface area contributed by atoms with E-state index in [4.69, 9.17) is 10.2 Å². The lowest BCUT2D eigenvalue weighted by molar-refractivity contribution is 0.437. The summed E-state index contributed by atoms with van der Waals surface area (Å²) in [5.41, 5.74) is 6.56. The van der Waals surface area contributed by atoms with Crippen LogP contribution in [-0.4, -0.2) is 4.98 Å². The summed E-state index contributed by atoms with van der Waals surface area (Å²) in [6, 6.07) is -0.0530. The van der Waals surface area contributed by atoms with Gasteiger partial charge in [0.15, 0.2) is 5.89 Å². The molecule has 1 aromatic rings. The van der Waals surface area contributed by atoms with Crippen LogP contribution in [0.15, 0.2) is 4.42 Å². The van der Waals surface area contributed by atoms with Gasteiger partial charge in [0.1, 0.15) is 5.76 Å². The van der Waals surface area contributed by atoms with E-state index in [9.17, 15) is 0 Å². The molecule has 0 spiro atoms. The highest BCUT2D eigenvalue weighted by molar-refractivity contribution is 5.10. The van der Waals surface area contributed by atoms with E-state index in [0.717, 1.165) is 23.8 Å². The maximum absolute atomic E-state index is 5.65. The summed E-state index contributed by atoms with van der Waals surface area (Å²) in [5.74, 6) is 1.58. The van der Waals surface area contributed by atoms with Gasteiger partial charge in [0.25, 0.3) is 0 Å². The van der Waals surface area contributed by atoms with Crippen LogP contribution in [0.5, 0.6) is 0 Å². The third-order valence-electron chi connectivity index (χ3n) is 1.59. The average Bonchev–Trinajstić information content (AvgIpc) is 2.30. The molecule has 0 fully saturated rings. The predicted octanol–water partition coefficient (Wildman–Crippen LogP) is 1.57. The van der Waals surface area contributed by atoms with Crippen molar-refractivity contribution in [3.05, 3.63) is 17.3 Å². The SMILES string of the molecule is CCc1nc(C)c([C@H](C)N)o1. The third-order valence-corrected chi connectivity index (χ3v) is 1.59. The van der Waals surface area contributed by atoms with Crippen LogP contribution in [0, 0.1) is 6.92 Å². The molecule has 0 saturated heterocycles. The number of rotatable bonds is 2. The molecule has 62 valence electrons. The molecule has 11 heavy (non-hydrogen) atoms. The fourth-order valence-electron chi connectivity index (χ4n) is 1.04. The van der Waals surface area contributed by atoms with Crippen LogP contribution >= 0.6 is 0 Å². The summed E-state index contributed by atoms with van der Waals surface area (Å²) < 4.78 is 5.39. The van der Waals surface area contributed by atoms with Crippen molar-refractivity contribution in [2.45, 2.75) is 33.2 Å². The molecule has 2 N–H and O–H groups in total. The molecule has 0 aliphatic rings. The Labute approximate surface area is 66.6 Å². The Kier molecular flexibility index (Phi) is 2.29. The smallest absolute Gasteiger partial charge is 0.194 e. The fourth-order valence-corrected chi connectivity index (χ4v) is 1.04. The maximum atomic E-state index is 5.65. The zero-order valence-corrected chi connectivity index (χ0v) is 7.22. The summed E-state index contributed by atoms with van der Waals surface area (Å²) in [6.45, 7) is 5.82. The van der Waals surface area contributed by atoms with Crippen molar-refractivity contribution in [1.82, 2.24) is 4.98 Å². The first kappa shape index (κ1) is 8.27. The van der Waals surface area contributed by atoms with E-state index in [0.29, 0.717) is 0 Å². The van der Waals surface area contributed by atoms with Crippen molar-refractivity contribution in [2.75, 3.05) is 0 Å². The zero-order valence-electron chi connectivity index (χ0n) is 7.22. The van der Waals surface area contributed by atoms with Crippen LogP contribution in [0.3, 0.4) is 0 Å². The minimum atomic E-state index is -0.0530. The average molecular weight is 154 g/mol. The highest BCUT2D eigenvalue weighted by Crippen LogP contribution is 2.16. The fraction of sp³-hybridized carbons (Fsp3) is 0.625. The Morgan fingerprint density at radius 2 is 2.27 bits per heavy atom. The Balaban J connectivity index is 2.97. The Morgan fingerprint density at radius 3 is 2.55 bits per heavy atom. The van der Waals surface area contributed by atoms with Gasteiger partial charge in [-0.1, -0.05) is 6.92 Å². The summed E-state index contributed by atoms with van der Waals surface area (Å²) >= 11 is 0. The molecule has 0 aliphatic heterocycles. The Hall–Kier alpha value is -0.830. The van der Waals surface area contributed by atoms with Crippen molar-refractivity contribution in [2.24, 2.45) is 5.73 Å². The monoisotopic (exact) mass is 154 g/mol. The van der Waals surface area contributed by atoms with E-state index in [1.165, 1.54) is 0 Å². The summed E-state index contributed by atoms with van der Waals surface area (Å²) in [7, 11) is 0. The molecule has 3 nitrogen and oxygen atoms in total. The van der Waals surface area contributed by atoms with Gasteiger partial charge < -0.3 is 10.2 Å². The van der Waals surface area contributed by atoms with Crippen LogP contribution in [-0.2, 0) is 6.42 Å². The molecule has 0 amide bonds. The van der Waals surface area contributed by atoms with Gasteiger partial charge in [-0.3, -0.25) is 0 Å². The molecule has 3 heteroatoms. The molecule has 1 heterocycles. The minimum Gasteiger partial charge on any atom is -0.444 e. The van der Waals surface area contributed by atoms with Crippen molar-refractivity contribution in [3.63, 3.8) is 0 Å². The summed E-state index contributed by atoms with van der Waals surface area (Å²) in [4.78, 5) is 4.20. The number of nitrogens with two attached hydrogens (primary N) is 1. The largest absolute Gasteiger partial charge is 0.444 e. The zero-order chi connectivity index (χ0) is 8.43. The molecule has 0 aromatic carbocycles. The van der Waals surface area contributed by atoms with E-state index in [2.05, 4.69) is 4.98 Å². The molecule has 1 atom stereocenters. The van der Waals surface area contributed by atoms with E-state index >= 15 is 0 Å². The Bertz CT molecular complexity index is 240. The lowest BCUT2D eigenvalue weighted by atomic mass is 10.2. The highest BCUT2D eigenvalue weighted by atomic mass is 16.4. The molecule has 1 aromatic heterocycles. The van der Waals surface area contributed by atoms with Crippen molar-refractivity contribution < 1.29 is 4.42 Å². The van der Waals surface area contributed by atoms with E-state index in [1.807, 2.05) is 20.8 Å². The van der Waals surface area contributed by atoms with Gasteiger partial charge in [-0.15, -0.1) is 0 Å². The van der Waals surface area contributed by atoms with Gasteiger partial charge in [-0.05, 0) is 13.8 Å². The second-order valence-electron chi connectivity index (χ2n) is 2.70. The van der Waals surface area contributed by atoms with Crippen molar-refractivity contribution in [1.29, 1.82) is 0 Å². The van der Waals surface area contributed by atoms with E-state index in [1.54, 1.807) is 0 Å². The van der Waals surface area contributed by atoms with Gasteiger partial charge in [-0.2, -0.15) is 0 Å². The summed E-state index contributed by atoms with van der Waals surface area (Å²) in [5, 5.41) is 0. The predicted molar refractivity (Wildman–Crippen MR) is 43.2 cm³/mol. The highest BCUT2D eigenvalue weighted by Gasteiger charge is 2.11. The minimum absolute atomic E-state index is 0.0530. The standard InChI is InChI=1S/C8H14N2O/c1-4-7-10-6(3)8(11-7)5(2)9/h5H,4,9H2,1-3H3/t5-/m0/s1. The molecule has 0 bridgehead atoms. The first-order valence-corrected chi connectivity index (χ1v) is 3.87. The number of hydrogen-bond donors (Lipinski definition) is 1.